The molecule has 0 amide bonds. The predicted octanol–water partition coefficient (Wildman–Crippen LogP) is 5.26. The maximum atomic E-state index is 3.32. The minimum absolute atomic E-state index is 1.28. The van der Waals surface area contributed by atoms with Crippen LogP contribution in [-0.4, -0.2) is 30.7 Å². The summed E-state index contributed by atoms with van der Waals surface area (Å²) < 4.78 is 1.28. The molecule has 6 heteroatoms. The van der Waals surface area contributed by atoms with E-state index in [1.54, 1.807) is 0 Å². The van der Waals surface area contributed by atoms with Crippen molar-refractivity contribution in [3.05, 3.63) is 0 Å². The normalized spacial score (nSPS) is 13.1. The molecule has 0 aliphatic rings. The van der Waals surface area contributed by atoms with Crippen molar-refractivity contribution in [2.24, 2.45) is 0 Å². The molecule has 0 aromatic rings. The van der Waals surface area contributed by atoms with Crippen molar-refractivity contribution >= 4 is 53.2 Å². The molecule has 0 bridgehead atoms. The number of nitrogens with zero attached hydrogens (tertiary/aromatic N) is 1. The molecule has 0 fully saturated rings. The van der Waals surface area contributed by atoms with Gasteiger partial charge < -0.3 is 4.48 Å². The van der Waals surface area contributed by atoms with Crippen LogP contribution in [0.25, 0.3) is 0 Å². The second-order valence-electron chi connectivity index (χ2n) is 2.96. The fourth-order valence-corrected chi connectivity index (χ4v) is 1.34. The first-order valence-corrected chi connectivity index (χ1v) is 23.1. The Morgan fingerprint density at radius 1 is 0.714 bits per heavy atom. The van der Waals surface area contributed by atoms with E-state index in [9.17, 15) is 0 Å². The Morgan fingerprint density at radius 2 is 0.857 bits per heavy atom. The first-order valence-electron chi connectivity index (χ1n) is 4.71. The molecule has 0 aromatic carbocycles. The quantitative estimate of drug-likeness (QED) is 0.334. The first kappa shape index (κ1) is 18.9. The van der Waals surface area contributed by atoms with Crippen LogP contribution >= 0.6 is 53.2 Å². The molecule has 90 valence electrons. The van der Waals surface area contributed by atoms with E-state index < -0.39 is 7.84 Å². The summed E-state index contributed by atoms with van der Waals surface area (Å²) in [6.45, 7) is 14.2. The van der Waals surface area contributed by atoms with E-state index in [-0.39, 0.29) is 0 Å². The van der Waals surface area contributed by atoms with E-state index in [2.05, 4.69) is 80.9 Å². The van der Waals surface area contributed by atoms with E-state index in [4.69, 9.17) is 0 Å². The molecule has 0 unspecified atom stereocenters. The monoisotopic (exact) mass is 544 g/mol. The predicted molar refractivity (Wildman–Crippen MR) is 78.1 cm³/mol. The Bertz CT molecular complexity index is 110. The van der Waals surface area contributed by atoms with E-state index in [1.165, 1.54) is 30.7 Å². The summed E-state index contributed by atoms with van der Waals surface area (Å²) in [6, 6.07) is 0. The summed E-state index contributed by atoms with van der Waals surface area (Å²) in [6.07, 6.45) is 0. The van der Waals surface area contributed by atoms with Crippen LogP contribution in [0.15, 0.2) is 0 Å². The molecular weight excluding hydrogens is 526 g/mol. The van der Waals surface area contributed by atoms with E-state index in [1.807, 2.05) is 0 Å². The molecule has 0 radical (unpaired) electrons. The Balaban J connectivity index is 0. The van der Waals surface area contributed by atoms with Gasteiger partial charge in [0.2, 0.25) is 0 Å². The molecule has 1 nitrogen and oxygen atoms in total. The molecule has 0 aliphatic heterocycles. The van der Waals surface area contributed by atoms with Crippen molar-refractivity contribution in [3.63, 3.8) is 0 Å². The zero-order valence-corrected chi connectivity index (χ0v) is 17.5. The van der Waals surface area contributed by atoms with Gasteiger partial charge in [0.25, 0.3) is 0 Å². The molecule has 0 spiro atoms. The average molecular weight is 546 g/mol. The van der Waals surface area contributed by atoms with E-state index in [0.717, 1.165) is 0 Å². The molecule has 0 heterocycles. The van der Waals surface area contributed by atoms with Gasteiger partial charge in [-0.3, -0.25) is 0 Å². The Hall–Kier alpha value is 2.57. The second kappa shape index (κ2) is 9.58. The summed E-state index contributed by atoms with van der Waals surface area (Å²) in [5.41, 5.74) is 0. The van der Waals surface area contributed by atoms with Crippen molar-refractivity contribution in [2.75, 3.05) is 26.2 Å². The maximum absolute atomic E-state index is 3.32. The standard InChI is InChI=1S/C8H20N.4BrH.Mo/c1-5-9(6-2,7-3)8-4;;;;;/h5-8H2,1-4H3;4*1H;/q+1;;;;;+4/p-4. The van der Waals surface area contributed by atoms with Crippen LogP contribution in [0, 0.1) is 0 Å². The molecular formula is C8H20Br4MoN+. The SMILES string of the molecule is CC[N+](CC)(CC)CC.[Br][Mo]([Br])([Br])[Br]. The van der Waals surface area contributed by atoms with Gasteiger partial charge in [-0.1, -0.05) is 0 Å². The molecule has 0 aromatic heterocycles. The third-order valence-corrected chi connectivity index (χ3v) is 2.68. The molecule has 0 aliphatic carbocycles. The van der Waals surface area contributed by atoms with Crippen LogP contribution < -0.4 is 0 Å². The molecule has 0 atom stereocenters. The zero-order chi connectivity index (χ0) is 11.8. The topological polar surface area (TPSA) is 0 Å². The van der Waals surface area contributed by atoms with Gasteiger partial charge >= 0.3 is 61.0 Å². The number of rotatable bonds is 4. The minimum atomic E-state index is -1.77. The third-order valence-electron chi connectivity index (χ3n) is 2.68. The van der Waals surface area contributed by atoms with Gasteiger partial charge in [-0.25, -0.2) is 0 Å². The summed E-state index contributed by atoms with van der Waals surface area (Å²) in [7, 11) is -1.77. The van der Waals surface area contributed by atoms with Crippen LogP contribution in [0.3, 0.4) is 0 Å². The summed E-state index contributed by atoms with van der Waals surface area (Å²) in [5, 5.41) is 0. The fraction of sp³-hybridized carbons (Fsp3) is 1.00. The second-order valence-corrected chi connectivity index (χ2v) is 58.5. The van der Waals surface area contributed by atoms with Gasteiger partial charge in [0, 0.05) is 0 Å². The van der Waals surface area contributed by atoms with Crippen LogP contribution in [-0.2, 0) is 7.84 Å². The van der Waals surface area contributed by atoms with Gasteiger partial charge in [0.1, 0.15) is 0 Å². The Morgan fingerprint density at radius 3 is 0.857 bits per heavy atom. The van der Waals surface area contributed by atoms with Gasteiger partial charge in [-0.05, 0) is 27.7 Å². The summed E-state index contributed by atoms with van der Waals surface area (Å²) in [4.78, 5) is 0. The summed E-state index contributed by atoms with van der Waals surface area (Å²) in [5.74, 6) is 0. The Labute approximate surface area is 118 Å². The molecule has 0 N–H and O–H groups in total. The Kier molecular flexibility index (Phi) is 13.0. The number of halogens is 4. The van der Waals surface area contributed by atoms with Crippen molar-refractivity contribution in [1.82, 2.24) is 0 Å². The van der Waals surface area contributed by atoms with Crippen molar-refractivity contribution < 1.29 is 12.3 Å². The van der Waals surface area contributed by atoms with Gasteiger partial charge in [0.15, 0.2) is 0 Å². The van der Waals surface area contributed by atoms with Gasteiger partial charge in [-0.2, -0.15) is 0 Å². The van der Waals surface area contributed by atoms with E-state index >= 15 is 0 Å². The molecule has 0 saturated carbocycles. The molecule has 0 saturated heterocycles. The van der Waals surface area contributed by atoms with Crippen LogP contribution in [0.5, 0.6) is 0 Å². The van der Waals surface area contributed by atoms with Crippen LogP contribution in [0.2, 0.25) is 0 Å². The van der Waals surface area contributed by atoms with Gasteiger partial charge in [-0.15, -0.1) is 0 Å². The zero-order valence-electron chi connectivity index (χ0n) is 9.20. The van der Waals surface area contributed by atoms with Crippen molar-refractivity contribution in [1.29, 1.82) is 0 Å². The molecule has 0 rings (SSSR count). The summed E-state index contributed by atoms with van der Waals surface area (Å²) >= 11 is 13.3. The third kappa shape index (κ3) is 12.6. The fourth-order valence-electron chi connectivity index (χ4n) is 1.34. The van der Waals surface area contributed by atoms with Gasteiger partial charge in [0.05, 0.1) is 26.2 Å². The van der Waals surface area contributed by atoms with Crippen LogP contribution in [0.4, 0.5) is 0 Å². The van der Waals surface area contributed by atoms with Crippen molar-refractivity contribution in [2.45, 2.75) is 27.7 Å². The average Bonchev–Trinajstić information content (AvgIpc) is 2.07. The number of hydrogen-bond acceptors (Lipinski definition) is 0. The molecule has 14 heavy (non-hydrogen) atoms. The van der Waals surface area contributed by atoms with E-state index in [0.29, 0.717) is 0 Å². The number of quaternary nitrogens is 1. The van der Waals surface area contributed by atoms with Crippen LogP contribution in [0.1, 0.15) is 27.7 Å². The first-order chi connectivity index (χ1) is 6.24. The van der Waals surface area contributed by atoms with Crippen molar-refractivity contribution in [3.8, 4) is 0 Å². The number of hydrogen-bond donors (Lipinski definition) is 0.